The summed E-state index contributed by atoms with van der Waals surface area (Å²) in [6, 6.07) is 17.3. The summed E-state index contributed by atoms with van der Waals surface area (Å²) in [7, 11) is 0. The van der Waals surface area contributed by atoms with Crippen LogP contribution in [-0.2, 0) is 5.75 Å². The third-order valence-electron chi connectivity index (χ3n) is 2.42. The second kappa shape index (κ2) is 3.95. The summed E-state index contributed by atoms with van der Waals surface area (Å²) >= 11 is 3.81. The van der Waals surface area contributed by atoms with Gasteiger partial charge < -0.3 is 0 Å². The second-order valence-corrected chi connectivity index (χ2v) is 5.55. The van der Waals surface area contributed by atoms with Gasteiger partial charge in [-0.2, -0.15) is 0 Å². The molecule has 0 amide bonds. The Labute approximate surface area is 98.1 Å². The van der Waals surface area contributed by atoms with Crippen LogP contribution in [0.1, 0.15) is 5.56 Å². The van der Waals surface area contributed by atoms with E-state index in [1.54, 1.807) is 0 Å². The molecular weight excluding hydrogens is 220 g/mol. The van der Waals surface area contributed by atoms with E-state index >= 15 is 0 Å². The average Bonchev–Trinajstić information content (AvgIpc) is 2.48. The largest absolute Gasteiger partial charge is 0.120 e. The maximum absolute atomic E-state index is 2.22. The second-order valence-electron chi connectivity index (χ2n) is 3.45. The Morgan fingerprint density at radius 3 is 2.27 bits per heavy atom. The van der Waals surface area contributed by atoms with Crippen molar-refractivity contribution in [3.63, 3.8) is 0 Å². The van der Waals surface area contributed by atoms with Crippen LogP contribution in [0.5, 0.6) is 0 Å². The van der Waals surface area contributed by atoms with Crippen LogP contribution in [0.25, 0.3) is 0 Å². The van der Waals surface area contributed by atoms with Crippen molar-refractivity contribution >= 4 is 23.5 Å². The van der Waals surface area contributed by atoms with E-state index in [4.69, 9.17) is 0 Å². The summed E-state index contributed by atoms with van der Waals surface area (Å²) in [6.07, 6.45) is 0. The predicted octanol–water partition coefficient (Wildman–Crippen LogP) is 4.44. The first kappa shape index (κ1) is 9.37. The minimum absolute atomic E-state index is 1.08. The quantitative estimate of drug-likeness (QED) is 0.656. The topological polar surface area (TPSA) is 0 Å². The maximum Gasteiger partial charge on any atom is 0.0258 e. The van der Waals surface area contributed by atoms with Crippen molar-refractivity contribution < 1.29 is 0 Å². The molecule has 0 saturated carbocycles. The van der Waals surface area contributed by atoms with Crippen LogP contribution in [0.4, 0.5) is 0 Å². The Bertz CT molecular complexity index is 446. The molecule has 0 spiro atoms. The van der Waals surface area contributed by atoms with Gasteiger partial charge in [-0.1, -0.05) is 42.1 Å². The van der Waals surface area contributed by atoms with Crippen molar-refractivity contribution in [3.8, 4) is 0 Å². The molecule has 3 rings (SSSR count). The Morgan fingerprint density at radius 2 is 1.40 bits per heavy atom. The molecule has 0 unspecified atom stereocenters. The van der Waals surface area contributed by atoms with Gasteiger partial charge in [-0.25, -0.2) is 0 Å². The Balaban J connectivity index is 2.10. The number of hydrogen-bond donors (Lipinski definition) is 0. The molecule has 74 valence electrons. The third kappa shape index (κ3) is 1.80. The minimum atomic E-state index is 1.08. The summed E-state index contributed by atoms with van der Waals surface area (Å²) in [5, 5.41) is 0. The lowest BCUT2D eigenvalue weighted by Crippen LogP contribution is -1.80. The first-order valence-corrected chi connectivity index (χ1v) is 6.71. The normalized spacial score (nSPS) is 13.9. The maximum atomic E-state index is 2.22. The summed E-state index contributed by atoms with van der Waals surface area (Å²) in [5.41, 5.74) is 1.45. The molecule has 2 aromatic rings. The highest BCUT2D eigenvalue weighted by Gasteiger charge is 2.12. The Hall–Kier alpha value is -0.860. The molecule has 0 N–H and O–H groups in total. The predicted molar refractivity (Wildman–Crippen MR) is 66.6 cm³/mol. The number of thioether (sulfide) groups is 1. The van der Waals surface area contributed by atoms with Crippen LogP contribution >= 0.6 is 23.5 Å². The fourth-order valence-corrected chi connectivity index (χ4v) is 3.96. The fourth-order valence-electron chi connectivity index (χ4n) is 1.65. The molecular formula is C13H10S2. The highest BCUT2D eigenvalue weighted by atomic mass is 32.2. The molecule has 15 heavy (non-hydrogen) atoms. The van der Waals surface area contributed by atoms with Gasteiger partial charge in [-0.05, 0) is 23.8 Å². The Morgan fingerprint density at radius 1 is 0.733 bits per heavy atom. The van der Waals surface area contributed by atoms with Crippen LogP contribution in [0.15, 0.2) is 63.2 Å². The van der Waals surface area contributed by atoms with E-state index in [9.17, 15) is 0 Å². The van der Waals surface area contributed by atoms with Gasteiger partial charge in [-0.3, -0.25) is 0 Å². The summed E-state index contributed by atoms with van der Waals surface area (Å²) in [5.74, 6) is 1.08. The minimum Gasteiger partial charge on any atom is -0.120 e. The molecule has 0 atom stereocenters. The molecule has 0 bridgehead atoms. The van der Waals surface area contributed by atoms with Gasteiger partial charge in [0.25, 0.3) is 0 Å². The van der Waals surface area contributed by atoms with E-state index in [1.807, 2.05) is 23.5 Å². The molecule has 2 aromatic carbocycles. The van der Waals surface area contributed by atoms with Crippen molar-refractivity contribution in [3.05, 3.63) is 54.1 Å². The lowest BCUT2D eigenvalue weighted by molar-refractivity contribution is 1.25. The molecule has 1 aliphatic rings. The zero-order valence-corrected chi connectivity index (χ0v) is 9.78. The molecule has 0 saturated heterocycles. The monoisotopic (exact) mass is 230 g/mol. The summed E-state index contributed by atoms with van der Waals surface area (Å²) < 4.78 is 0. The van der Waals surface area contributed by atoms with Crippen LogP contribution in [-0.4, -0.2) is 0 Å². The molecule has 2 heteroatoms. The van der Waals surface area contributed by atoms with Crippen molar-refractivity contribution in [1.29, 1.82) is 0 Å². The van der Waals surface area contributed by atoms with Crippen molar-refractivity contribution in [2.75, 3.05) is 0 Å². The molecule has 0 radical (unpaired) electrons. The third-order valence-corrected chi connectivity index (χ3v) is 4.87. The Kier molecular flexibility index (Phi) is 2.47. The van der Waals surface area contributed by atoms with E-state index < -0.39 is 0 Å². The smallest absolute Gasteiger partial charge is 0.0258 e. The van der Waals surface area contributed by atoms with Crippen LogP contribution in [0, 0.1) is 0 Å². The SMILES string of the molecule is c1ccc2c(c1)CSc1ccccc1S2. The summed E-state index contributed by atoms with van der Waals surface area (Å²) in [6.45, 7) is 0. The van der Waals surface area contributed by atoms with Crippen LogP contribution in [0.3, 0.4) is 0 Å². The molecule has 0 aliphatic carbocycles. The highest BCUT2D eigenvalue weighted by molar-refractivity contribution is 8.02. The first-order valence-electron chi connectivity index (χ1n) is 4.91. The van der Waals surface area contributed by atoms with Crippen molar-refractivity contribution in [1.82, 2.24) is 0 Å². The number of rotatable bonds is 0. The average molecular weight is 230 g/mol. The van der Waals surface area contributed by atoms with Crippen LogP contribution in [0.2, 0.25) is 0 Å². The van der Waals surface area contributed by atoms with Crippen molar-refractivity contribution in [2.24, 2.45) is 0 Å². The van der Waals surface area contributed by atoms with Gasteiger partial charge in [0, 0.05) is 20.4 Å². The molecule has 0 aromatic heterocycles. The number of fused-ring (bicyclic) bond motifs is 2. The van der Waals surface area contributed by atoms with E-state index in [1.165, 1.54) is 20.2 Å². The summed E-state index contributed by atoms with van der Waals surface area (Å²) in [4.78, 5) is 4.18. The molecule has 1 heterocycles. The van der Waals surface area contributed by atoms with Gasteiger partial charge in [0.05, 0.1) is 0 Å². The van der Waals surface area contributed by atoms with E-state index in [-0.39, 0.29) is 0 Å². The van der Waals surface area contributed by atoms with E-state index in [2.05, 4.69) is 48.5 Å². The molecule has 0 nitrogen and oxygen atoms in total. The first-order chi connectivity index (χ1) is 7.43. The lowest BCUT2D eigenvalue weighted by atomic mass is 10.2. The van der Waals surface area contributed by atoms with Gasteiger partial charge in [-0.15, -0.1) is 11.8 Å². The number of benzene rings is 2. The van der Waals surface area contributed by atoms with Gasteiger partial charge >= 0.3 is 0 Å². The lowest BCUT2D eigenvalue weighted by Gasteiger charge is -2.03. The van der Waals surface area contributed by atoms with Gasteiger partial charge in [0.15, 0.2) is 0 Å². The van der Waals surface area contributed by atoms with Gasteiger partial charge in [0.1, 0.15) is 0 Å². The fraction of sp³-hybridized carbons (Fsp3) is 0.0769. The van der Waals surface area contributed by atoms with Crippen LogP contribution < -0.4 is 0 Å². The highest BCUT2D eigenvalue weighted by Crippen LogP contribution is 2.42. The zero-order chi connectivity index (χ0) is 10.1. The van der Waals surface area contributed by atoms with Gasteiger partial charge in [0.2, 0.25) is 0 Å². The zero-order valence-electron chi connectivity index (χ0n) is 8.14. The molecule has 1 aliphatic heterocycles. The van der Waals surface area contributed by atoms with E-state index in [0.29, 0.717) is 0 Å². The standard InChI is InChI=1S/C13H10S2/c1-2-6-11-10(5-1)9-14-12-7-3-4-8-13(12)15-11/h1-8H,9H2. The van der Waals surface area contributed by atoms with E-state index in [0.717, 1.165) is 5.75 Å². The van der Waals surface area contributed by atoms with Crippen molar-refractivity contribution in [2.45, 2.75) is 20.4 Å². The molecule has 0 fully saturated rings. The number of hydrogen-bond acceptors (Lipinski definition) is 2.